The third kappa shape index (κ3) is 1.70. The number of para-hydroxylation sites is 1. The number of fused-ring (bicyclic) bond motifs is 3. The van der Waals surface area contributed by atoms with E-state index < -0.39 is 0 Å². The fraction of sp³-hybridized carbons (Fsp3) is 0.250. The van der Waals surface area contributed by atoms with Crippen LogP contribution >= 0.6 is 0 Å². The van der Waals surface area contributed by atoms with E-state index in [0.29, 0.717) is 0 Å². The molecule has 0 aliphatic carbocycles. The Kier molecular flexibility index (Phi) is 2.60. The number of hydrogen-bond donors (Lipinski definition) is 1. The number of hydrogen-bond acceptors (Lipinski definition) is 1. The number of rotatable bonds is 2. The quantitative estimate of drug-likeness (QED) is 0.730. The Hall–Kier alpha value is -1.80. The first-order valence-corrected chi connectivity index (χ1v) is 6.38. The lowest BCUT2D eigenvalue weighted by molar-refractivity contribution is 0.738. The minimum absolute atomic E-state index is 0.206. The Morgan fingerprint density at radius 2 is 1.78 bits per heavy atom. The van der Waals surface area contributed by atoms with E-state index in [0.717, 1.165) is 6.42 Å². The maximum atomic E-state index is 5.87. The van der Waals surface area contributed by atoms with Crippen LogP contribution in [0.4, 0.5) is 0 Å². The lowest BCUT2D eigenvalue weighted by Gasteiger charge is -2.06. The molecule has 0 radical (unpaired) electrons. The summed E-state index contributed by atoms with van der Waals surface area (Å²) in [5.74, 6) is 0. The molecule has 2 nitrogen and oxygen atoms in total. The van der Waals surface area contributed by atoms with Gasteiger partial charge in [-0.3, -0.25) is 0 Å². The van der Waals surface area contributed by atoms with Crippen LogP contribution in [-0.2, 0) is 13.5 Å². The van der Waals surface area contributed by atoms with Crippen molar-refractivity contribution in [2.24, 2.45) is 12.8 Å². The third-order valence-electron chi connectivity index (χ3n) is 3.54. The van der Waals surface area contributed by atoms with Crippen LogP contribution in [0.15, 0.2) is 42.5 Å². The summed E-state index contributed by atoms with van der Waals surface area (Å²) in [4.78, 5) is 0. The molecule has 1 unspecified atom stereocenters. The summed E-state index contributed by atoms with van der Waals surface area (Å²) in [7, 11) is 2.13. The molecule has 1 atom stereocenters. The molecule has 1 heterocycles. The van der Waals surface area contributed by atoms with Gasteiger partial charge in [-0.2, -0.15) is 0 Å². The monoisotopic (exact) mass is 238 g/mol. The summed E-state index contributed by atoms with van der Waals surface area (Å²) in [6, 6.07) is 15.4. The summed E-state index contributed by atoms with van der Waals surface area (Å²) < 4.78 is 2.26. The Morgan fingerprint density at radius 3 is 2.56 bits per heavy atom. The molecule has 0 spiro atoms. The second-order valence-corrected chi connectivity index (χ2v) is 5.11. The molecule has 0 saturated heterocycles. The summed E-state index contributed by atoms with van der Waals surface area (Å²) in [5.41, 5.74) is 9.75. The Morgan fingerprint density at radius 1 is 1.06 bits per heavy atom. The van der Waals surface area contributed by atoms with Crippen LogP contribution in [0.25, 0.3) is 21.8 Å². The fourth-order valence-corrected chi connectivity index (χ4v) is 2.70. The largest absolute Gasteiger partial charge is 0.344 e. The summed E-state index contributed by atoms with van der Waals surface area (Å²) in [6.45, 7) is 2.05. The summed E-state index contributed by atoms with van der Waals surface area (Å²) >= 11 is 0. The van der Waals surface area contributed by atoms with Gasteiger partial charge < -0.3 is 10.3 Å². The van der Waals surface area contributed by atoms with Gasteiger partial charge in [0.15, 0.2) is 0 Å². The van der Waals surface area contributed by atoms with E-state index >= 15 is 0 Å². The van der Waals surface area contributed by atoms with Gasteiger partial charge in [-0.15, -0.1) is 0 Å². The average Bonchev–Trinajstić information content (AvgIpc) is 2.63. The predicted molar refractivity (Wildman–Crippen MR) is 77.8 cm³/mol. The van der Waals surface area contributed by atoms with Crippen LogP contribution in [0.3, 0.4) is 0 Å². The number of aryl methyl sites for hydroxylation is 1. The topological polar surface area (TPSA) is 30.9 Å². The van der Waals surface area contributed by atoms with Gasteiger partial charge in [0.25, 0.3) is 0 Å². The van der Waals surface area contributed by atoms with Crippen molar-refractivity contribution in [1.29, 1.82) is 0 Å². The van der Waals surface area contributed by atoms with Gasteiger partial charge in [0.05, 0.1) is 0 Å². The van der Waals surface area contributed by atoms with Crippen LogP contribution in [0.5, 0.6) is 0 Å². The maximum Gasteiger partial charge on any atom is 0.0491 e. The lowest BCUT2D eigenvalue weighted by Crippen LogP contribution is -2.17. The minimum Gasteiger partial charge on any atom is -0.344 e. The van der Waals surface area contributed by atoms with E-state index in [1.807, 2.05) is 6.92 Å². The van der Waals surface area contributed by atoms with Crippen molar-refractivity contribution in [2.45, 2.75) is 19.4 Å². The molecule has 0 saturated carbocycles. The van der Waals surface area contributed by atoms with E-state index in [4.69, 9.17) is 5.73 Å². The highest BCUT2D eigenvalue weighted by atomic mass is 14.9. The number of benzene rings is 2. The average molecular weight is 238 g/mol. The van der Waals surface area contributed by atoms with E-state index in [-0.39, 0.29) is 6.04 Å². The number of aromatic nitrogens is 1. The molecule has 3 aromatic rings. The first-order chi connectivity index (χ1) is 8.66. The molecule has 3 rings (SSSR count). The van der Waals surface area contributed by atoms with Gasteiger partial charge in [0, 0.05) is 34.9 Å². The van der Waals surface area contributed by atoms with Crippen LogP contribution in [0, 0.1) is 0 Å². The van der Waals surface area contributed by atoms with Crippen molar-refractivity contribution in [3.63, 3.8) is 0 Å². The van der Waals surface area contributed by atoms with Crippen molar-refractivity contribution in [2.75, 3.05) is 0 Å². The highest BCUT2D eigenvalue weighted by Crippen LogP contribution is 2.28. The van der Waals surface area contributed by atoms with Gasteiger partial charge in [0.2, 0.25) is 0 Å². The van der Waals surface area contributed by atoms with Gasteiger partial charge in [-0.25, -0.2) is 0 Å². The van der Waals surface area contributed by atoms with Crippen LogP contribution in [-0.4, -0.2) is 10.6 Å². The molecule has 1 aromatic heterocycles. The molecule has 0 amide bonds. The second kappa shape index (κ2) is 4.14. The number of nitrogens with two attached hydrogens (primary N) is 1. The van der Waals surface area contributed by atoms with Gasteiger partial charge in [0.1, 0.15) is 0 Å². The third-order valence-corrected chi connectivity index (χ3v) is 3.54. The lowest BCUT2D eigenvalue weighted by atomic mass is 10.1. The second-order valence-electron chi connectivity index (χ2n) is 5.11. The van der Waals surface area contributed by atoms with Crippen molar-refractivity contribution < 1.29 is 0 Å². The highest BCUT2D eigenvalue weighted by molar-refractivity contribution is 6.08. The molecule has 0 bridgehead atoms. The molecule has 2 aromatic carbocycles. The minimum atomic E-state index is 0.206. The summed E-state index contributed by atoms with van der Waals surface area (Å²) in [6.07, 6.45) is 0.928. The van der Waals surface area contributed by atoms with Crippen LogP contribution < -0.4 is 5.73 Å². The molecular formula is C16H18N2. The highest BCUT2D eigenvalue weighted by Gasteiger charge is 2.08. The first-order valence-electron chi connectivity index (χ1n) is 6.38. The van der Waals surface area contributed by atoms with Gasteiger partial charge in [-0.1, -0.05) is 30.3 Å². The smallest absolute Gasteiger partial charge is 0.0491 e. The zero-order valence-corrected chi connectivity index (χ0v) is 10.9. The van der Waals surface area contributed by atoms with Crippen molar-refractivity contribution in [1.82, 2.24) is 4.57 Å². The molecule has 18 heavy (non-hydrogen) atoms. The standard InChI is InChI=1S/C16H18N2/c1-11(17)9-12-7-8-14-13-5-3-4-6-15(13)18(2)16(14)10-12/h3-8,10-11H,9,17H2,1-2H3. The molecule has 92 valence electrons. The van der Waals surface area contributed by atoms with Crippen LogP contribution in [0.2, 0.25) is 0 Å². The van der Waals surface area contributed by atoms with Crippen molar-refractivity contribution in [3.05, 3.63) is 48.0 Å². The normalized spacial score (nSPS) is 13.3. The maximum absolute atomic E-state index is 5.87. The Balaban J connectivity index is 2.28. The molecule has 2 heteroatoms. The van der Waals surface area contributed by atoms with Crippen molar-refractivity contribution in [3.8, 4) is 0 Å². The Bertz CT molecular complexity index is 708. The predicted octanol–water partition coefficient (Wildman–Crippen LogP) is 3.22. The van der Waals surface area contributed by atoms with E-state index in [2.05, 4.69) is 54.1 Å². The number of nitrogens with zero attached hydrogens (tertiary/aromatic N) is 1. The first kappa shape index (κ1) is 11.3. The molecule has 0 aliphatic heterocycles. The van der Waals surface area contributed by atoms with Crippen molar-refractivity contribution >= 4 is 21.8 Å². The fourth-order valence-electron chi connectivity index (χ4n) is 2.70. The van der Waals surface area contributed by atoms with Gasteiger partial charge in [-0.05, 0) is 31.0 Å². The molecule has 2 N–H and O–H groups in total. The molecule has 0 fully saturated rings. The molecule has 0 aliphatic rings. The van der Waals surface area contributed by atoms with E-state index in [9.17, 15) is 0 Å². The zero-order chi connectivity index (χ0) is 12.7. The van der Waals surface area contributed by atoms with E-state index in [1.165, 1.54) is 27.4 Å². The SMILES string of the molecule is CC(N)Cc1ccc2c3ccccc3n(C)c2c1. The van der Waals surface area contributed by atoms with E-state index in [1.54, 1.807) is 0 Å². The van der Waals surface area contributed by atoms with Gasteiger partial charge >= 0.3 is 0 Å². The Labute approximate surface area is 107 Å². The zero-order valence-electron chi connectivity index (χ0n) is 10.9. The summed E-state index contributed by atoms with van der Waals surface area (Å²) in [5, 5.41) is 2.64. The molecular weight excluding hydrogens is 220 g/mol. The van der Waals surface area contributed by atoms with Crippen LogP contribution in [0.1, 0.15) is 12.5 Å².